The second-order valence-corrected chi connectivity index (χ2v) is 15.4. The van der Waals surface area contributed by atoms with Gasteiger partial charge in [0, 0.05) is 33.4 Å². The Kier molecular flexibility index (Phi) is 9.52. The first kappa shape index (κ1) is 36.8. The molecule has 1 atom stereocenters. The van der Waals surface area contributed by atoms with Crippen molar-refractivity contribution in [2.24, 2.45) is 9.98 Å². The quantitative estimate of drug-likeness (QED) is 0.158. The third-order valence-corrected chi connectivity index (χ3v) is 11.6. The first-order valence-corrected chi connectivity index (χ1v) is 20.9. The summed E-state index contributed by atoms with van der Waals surface area (Å²) in [6, 6.07) is 80.6. The molecule has 2 heterocycles. The molecule has 11 rings (SSSR count). The predicted octanol–water partition coefficient (Wildman–Crippen LogP) is 14.6. The molecule has 294 valence electrons. The van der Waals surface area contributed by atoms with Gasteiger partial charge in [-0.25, -0.2) is 9.98 Å². The Morgan fingerprint density at radius 2 is 0.935 bits per heavy atom. The van der Waals surface area contributed by atoms with Gasteiger partial charge in [-0.05, 0) is 87.5 Å². The van der Waals surface area contributed by atoms with Gasteiger partial charge in [0.25, 0.3) is 0 Å². The fourth-order valence-corrected chi connectivity index (χ4v) is 8.49. The van der Waals surface area contributed by atoms with Crippen molar-refractivity contribution in [1.29, 1.82) is 0 Å². The molecule has 0 saturated heterocycles. The smallest absolute Gasteiger partial charge is 0.159 e. The van der Waals surface area contributed by atoms with Gasteiger partial charge >= 0.3 is 0 Å². The van der Waals surface area contributed by atoms with E-state index in [9.17, 15) is 0 Å². The number of para-hydroxylation sites is 1. The maximum Gasteiger partial charge on any atom is 0.159 e. The lowest BCUT2D eigenvalue weighted by Gasteiger charge is -2.26. The molecule has 1 unspecified atom stereocenters. The number of furan rings is 1. The lowest BCUT2D eigenvalue weighted by Crippen LogP contribution is -2.33. The lowest BCUT2D eigenvalue weighted by molar-refractivity contribution is 0.659. The number of fused-ring (bicyclic) bond motifs is 3. The average Bonchev–Trinajstić information content (AvgIpc) is 3.75. The monoisotopic (exact) mass is 796 g/mol. The van der Waals surface area contributed by atoms with Crippen LogP contribution in [0.1, 0.15) is 22.9 Å². The molecular formula is C57H40N4O. The van der Waals surface area contributed by atoms with Gasteiger partial charge in [0.1, 0.15) is 23.2 Å². The minimum Gasteiger partial charge on any atom is -0.455 e. The molecule has 0 spiro atoms. The molecule has 1 aliphatic rings. The summed E-state index contributed by atoms with van der Waals surface area (Å²) < 4.78 is 6.82. The Bertz CT molecular complexity index is 3150. The normalized spacial score (nSPS) is 13.6. The number of nitrogens with zero attached hydrogens (tertiary/aromatic N) is 3. The number of aliphatic imine (C=N–C) groups is 2. The van der Waals surface area contributed by atoms with Crippen molar-refractivity contribution >= 4 is 50.7 Å². The van der Waals surface area contributed by atoms with Gasteiger partial charge in [-0.15, -0.1) is 0 Å². The van der Waals surface area contributed by atoms with E-state index in [0.717, 1.165) is 66.8 Å². The number of rotatable bonds is 9. The molecule has 0 bridgehead atoms. The van der Waals surface area contributed by atoms with Crippen LogP contribution in [0.25, 0.3) is 55.3 Å². The first-order valence-electron chi connectivity index (χ1n) is 20.9. The standard InChI is InChI=1S/C57H40N4O/c1-5-16-39(17-6-1)41-28-32-46(33-29-41)61(47-34-30-42(31-35-47)40-18-7-2-8-19-40)48-25-15-24-45(38-48)49-36-37-51(54-53(49)50-26-13-14-27-52(50)62-54)57-59-55(43-20-9-3-10-21-43)58-56(60-57)44-22-11-4-12-23-44/h1-38,55H,(H,58,59,60). The van der Waals surface area contributed by atoms with E-state index in [1.165, 1.54) is 22.3 Å². The lowest BCUT2D eigenvalue weighted by atomic mass is 9.96. The summed E-state index contributed by atoms with van der Waals surface area (Å²) >= 11 is 0. The molecule has 62 heavy (non-hydrogen) atoms. The number of hydrogen-bond donors (Lipinski definition) is 1. The van der Waals surface area contributed by atoms with Gasteiger partial charge in [0.15, 0.2) is 5.84 Å². The van der Waals surface area contributed by atoms with Crippen molar-refractivity contribution in [2.75, 3.05) is 4.90 Å². The number of anilines is 3. The van der Waals surface area contributed by atoms with Crippen LogP contribution >= 0.6 is 0 Å². The first-order chi connectivity index (χ1) is 30.7. The Balaban J connectivity index is 1.04. The van der Waals surface area contributed by atoms with Crippen molar-refractivity contribution in [3.63, 3.8) is 0 Å². The van der Waals surface area contributed by atoms with E-state index in [-0.39, 0.29) is 6.17 Å². The third-order valence-electron chi connectivity index (χ3n) is 11.6. The van der Waals surface area contributed by atoms with Crippen molar-refractivity contribution < 1.29 is 4.42 Å². The van der Waals surface area contributed by atoms with Gasteiger partial charge in [-0.2, -0.15) is 0 Å². The Morgan fingerprint density at radius 3 is 1.56 bits per heavy atom. The zero-order chi connectivity index (χ0) is 41.2. The molecule has 10 aromatic rings. The molecule has 5 heteroatoms. The number of amidine groups is 2. The summed E-state index contributed by atoms with van der Waals surface area (Å²) in [5.74, 6) is 1.38. The van der Waals surface area contributed by atoms with E-state index in [2.05, 4.69) is 192 Å². The molecule has 5 nitrogen and oxygen atoms in total. The van der Waals surface area contributed by atoms with Crippen molar-refractivity contribution in [2.45, 2.75) is 6.17 Å². The van der Waals surface area contributed by atoms with Crippen LogP contribution in [0.3, 0.4) is 0 Å². The number of benzene rings is 9. The molecule has 0 amide bonds. The predicted molar refractivity (Wildman–Crippen MR) is 257 cm³/mol. The molecule has 0 saturated carbocycles. The Labute approximate surface area is 360 Å². The van der Waals surface area contributed by atoms with Gasteiger partial charge in [0.2, 0.25) is 0 Å². The van der Waals surface area contributed by atoms with Crippen LogP contribution in [-0.2, 0) is 0 Å². The van der Waals surface area contributed by atoms with Gasteiger partial charge < -0.3 is 14.6 Å². The van der Waals surface area contributed by atoms with Crippen LogP contribution in [0, 0.1) is 0 Å². The minimum absolute atomic E-state index is 0.329. The highest BCUT2D eigenvalue weighted by atomic mass is 16.3. The summed E-state index contributed by atoms with van der Waals surface area (Å²) in [4.78, 5) is 12.6. The fourth-order valence-electron chi connectivity index (χ4n) is 8.49. The summed E-state index contributed by atoms with van der Waals surface area (Å²) in [6.07, 6.45) is -0.329. The summed E-state index contributed by atoms with van der Waals surface area (Å²) in [5.41, 5.74) is 14.5. The molecule has 1 N–H and O–H groups in total. The highest BCUT2D eigenvalue weighted by Gasteiger charge is 2.25. The molecule has 9 aromatic carbocycles. The number of hydrogen-bond acceptors (Lipinski definition) is 5. The second kappa shape index (κ2) is 16.1. The summed E-state index contributed by atoms with van der Waals surface area (Å²) in [7, 11) is 0. The SMILES string of the molecule is c1ccc(C2=NC(c3ccccc3)NC(c3ccc(-c4cccc(N(c5ccc(-c6ccccc6)cc5)c5ccc(-c6ccccc6)cc5)c4)c4c3oc3ccccc34)=N2)cc1. The van der Waals surface area contributed by atoms with Crippen molar-refractivity contribution in [3.8, 4) is 33.4 Å². The fraction of sp³-hybridized carbons (Fsp3) is 0.0175. The summed E-state index contributed by atoms with van der Waals surface area (Å²) in [5, 5.41) is 5.74. The van der Waals surface area contributed by atoms with E-state index in [4.69, 9.17) is 14.4 Å². The largest absolute Gasteiger partial charge is 0.455 e. The zero-order valence-corrected chi connectivity index (χ0v) is 33.8. The van der Waals surface area contributed by atoms with E-state index in [1.54, 1.807) is 0 Å². The molecule has 1 aliphatic heterocycles. The van der Waals surface area contributed by atoms with E-state index in [0.29, 0.717) is 11.7 Å². The van der Waals surface area contributed by atoms with Gasteiger partial charge in [0.05, 0.1) is 5.56 Å². The van der Waals surface area contributed by atoms with Gasteiger partial charge in [-0.3, -0.25) is 0 Å². The molecule has 0 aliphatic carbocycles. The van der Waals surface area contributed by atoms with Crippen LogP contribution in [-0.4, -0.2) is 11.7 Å². The van der Waals surface area contributed by atoms with E-state index >= 15 is 0 Å². The third kappa shape index (κ3) is 7.01. The average molecular weight is 797 g/mol. The topological polar surface area (TPSA) is 53.1 Å². The Hall–Kier alpha value is -8.28. The van der Waals surface area contributed by atoms with Crippen LogP contribution in [0.15, 0.2) is 245 Å². The highest BCUT2D eigenvalue weighted by molar-refractivity contribution is 6.22. The second-order valence-electron chi connectivity index (χ2n) is 15.4. The Morgan fingerprint density at radius 1 is 0.419 bits per heavy atom. The zero-order valence-electron chi connectivity index (χ0n) is 33.8. The maximum atomic E-state index is 6.82. The van der Waals surface area contributed by atoms with Crippen molar-refractivity contribution in [1.82, 2.24) is 5.32 Å². The molecule has 1 aromatic heterocycles. The van der Waals surface area contributed by atoms with Crippen LogP contribution < -0.4 is 10.2 Å². The van der Waals surface area contributed by atoms with Crippen LogP contribution in [0.4, 0.5) is 17.1 Å². The van der Waals surface area contributed by atoms with E-state index < -0.39 is 0 Å². The highest BCUT2D eigenvalue weighted by Crippen LogP contribution is 2.42. The molecular weight excluding hydrogens is 757 g/mol. The van der Waals surface area contributed by atoms with Gasteiger partial charge in [-0.1, -0.05) is 182 Å². The minimum atomic E-state index is -0.329. The molecule has 0 radical (unpaired) electrons. The van der Waals surface area contributed by atoms with Crippen LogP contribution in [0.2, 0.25) is 0 Å². The molecule has 0 fully saturated rings. The van der Waals surface area contributed by atoms with E-state index in [1.807, 2.05) is 48.5 Å². The summed E-state index contributed by atoms with van der Waals surface area (Å²) in [6.45, 7) is 0. The number of nitrogens with one attached hydrogen (secondary N) is 1. The van der Waals surface area contributed by atoms with Crippen molar-refractivity contribution in [3.05, 3.63) is 247 Å². The van der Waals surface area contributed by atoms with Crippen LogP contribution in [0.5, 0.6) is 0 Å². The maximum absolute atomic E-state index is 6.82.